The average Bonchev–Trinajstić information content (AvgIpc) is 3.00. The Balaban J connectivity index is 1.69. The molecule has 1 atom stereocenters. The van der Waals surface area contributed by atoms with Crippen LogP contribution in [0.15, 0.2) is 36.4 Å². The largest absolute Gasteiger partial charge is 0.454 e. The van der Waals surface area contributed by atoms with Gasteiger partial charge >= 0.3 is 0 Å². The van der Waals surface area contributed by atoms with Gasteiger partial charge in [0.25, 0.3) is 0 Å². The molecule has 3 heteroatoms. The van der Waals surface area contributed by atoms with Crippen LogP contribution in [0.5, 0.6) is 11.5 Å². The Morgan fingerprint density at radius 1 is 0.920 bits per heavy atom. The highest BCUT2D eigenvalue weighted by Crippen LogP contribution is 2.41. The third-order valence-corrected chi connectivity index (χ3v) is 5.12. The van der Waals surface area contributed by atoms with Crippen molar-refractivity contribution in [2.45, 2.75) is 39.5 Å². The Bertz CT molecular complexity index is 869. The standard InChI is InChI=1S/C22H22O3/c1-13-6-14(2)22(15(3)7-13)18-8-17(9-19(23)10-18)16-4-5-20-21(11-16)25-12-24-20/h4-7,10-11,17H,8-9,12H2,1-3H3/t17-/m1/s1. The molecule has 1 aliphatic heterocycles. The summed E-state index contributed by atoms with van der Waals surface area (Å²) in [6.07, 6.45) is 3.26. The molecule has 0 radical (unpaired) electrons. The minimum absolute atomic E-state index is 0.183. The number of fused-ring (bicyclic) bond motifs is 1. The van der Waals surface area contributed by atoms with E-state index in [0.29, 0.717) is 6.42 Å². The van der Waals surface area contributed by atoms with Crippen LogP contribution in [0.2, 0.25) is 0 Å². The summed E-state index contributed by atoms with van der Waals surface area (Å²) in [6.45, 7) is 6.64. The summed E-state index contributed by atoms with van der Waals surface area (Å²) in [5, 5.41) is 0. The van der Waals surface area contributed by atoms with Gasteiger partial charge in [-0.05, 0) is 79.1 Å². The number of ether oxygens (including phenoxy) is 2. The van der Waals surface area contributed by atoms with Crippen LogP contribution in [0.25, 0.3) is 5.57 Å². The topological polar surface area (TPSA) is 35.5 Å². The maximum absolute atomic E-state index is 12.4. The summed E-state index contributed by atoms with van der Waals surface area (Å²) >= 11 is 0. The molecule has 2 aromatic carbocycles. The molecule has 4 rings (SSSR count). The van der Waals surface area contributed by atoms with Crippen molar-refractivity contribution >= 4 is 11.4 Å². The molecule has 0 spiro atoms. The van der Waals surface area contributed by atoms with Gasteiger partial charge in [-0.15, -0.1) is 0 Å². The summed E-state index contributed by atoms with van der Waals surface area (Å²) in [6, 6.07) is 10.4. The molecule has 1 aliphatic carbocycles. The highest BCUT2D eigenvalue weighted by molar-refractivity contribution is 6.00. The lowest BCUT2D eigenvalue weighted by Crippen LogP contribution is -2.13. The van der Waals surface area contributed by atoms with E-state index in [1.54, 1.807) is 0 Å². The number of hydrogen-bond acceptors (Lipinski definition) is 3. The van der Waals surface area contributed by atoms with Crippen molar-refractivity contribution in [3.63, 3.8) is 0 Å². The first-order chi connectivity index (χ1) is 12.0. The number of allylic oxidation sites excluding steroid dienone is 2. The average molecular weight is 334 g/mol. The molecule has 0 bridgehead atoms. The van der Waals surface area contributed by atoms with Crippen molar-refractivity contribution in [1.82, 2.24) is 0 Å². The highest BCUT2D eigenvalue weighted by atomic mass is 16.7. The number of ketones is 1. The molecule has 0 aromatic heterocycles. The quantitative estimate of drug-likeness (QED) is 0.786. The van der Waals surface area contributed by atoms with Gasteiger partial charge in [0.1, 0.15) is 0 Å². The number of hydrogen-bond donors (Lipinski definition) is 0. The molecule has 3 nitrogen and oxygen atoms in total. The smallest absolute Gasteiger partial charge is 0.231 e. The Labute approximate surface area is 148 Å². The van der Waals surface area contributed by atoms with Crippen LogP contribution in [0, 0.1) is 20.8 Å². The molecule has 0 fully saturated rings. The van der Waals surface area contributed by atoms with Gasteiger partial charge in [-0.3, -0.25) is 4.79 Å². The summed E-state index contributed by atoms with van der Waals surface area (Å²) in [7, 11) is 0. The zero-order valence-corrected chi connectivity index (χ0v) is 14.9. The van der Waals surface area contributed by atoms with Gasteiger partial charge in [0.05, 0.1) is 0 Å². The van der Waals surface area contributed by atoms with Crippen molar-refractivity contribution in [2.24, 2.45) is 0 Å². The molecule has 2 aromatic rings. The van der Waals surface area contributed by atoms with Crippen molar-refractivity contribution in [2.75, 3.05) is 6.79 Å². The monoisotopic (exact) mass is 334 g/mol. The Hall–Kier alpha value is -2.55. The number of aryl methyl sites for hydroxylation is 3. The van der Waals surface area contributed by atoms with Crippen molar-refractivity contribution < 1.29 is 14.3 Å². The Kier molecular flexibility index (Phi) is 3.87. The second-order valence-corrected chi connectivity index (χ2v) is 7.13. The van der Waals surface area contributed by atoms with Gasteiger partial charge in [0, 0.05) is 6.42 Å². The van der Waals surface area contributed by atoms with Crippen molar-refractivity contribution in [3.8, 4) is 11.5 Å². The predicted molar refractivity (Wildman–Crippen MR) is 98.2 cm³/mol. The van der Waals surface area contributed by atoms with E-state index in [0.717, 1.165) is 29.1 Å². The predicted octanol–water partition coefficient (Wildman–Crippen LogP) is 4.87. The number of benzene rings is 2. The van der Waals surface area contributed by atoms with Crippen LogP contribution in [0.3, 0.4) is 0 Å². The summed E-state index contributed by atoms with van der Waals surface area (Å²) < 4.78 is 10.9. The van der Waals surface area contributed by atoms with Gasteiger partial charge in [-0.2, -0.15) is 0 Å². The van der Waals surface area contributed by atoms with Gasteiger partial charge in [-0.25, -0.2) is 0 Å². The molecule has 128 valence electrons. The fourth-order valence-corrected chi connectivity index (χ4v) is 4.16. The maximum Gasteiger partial charge on any atom is 0.231 e. The van der Waals surface area contributed by atoms with E-state index in [2.05, 4.69) is 39.0 Å². The zero-order chi connectivity index (χ0) is 17.6. The van der Waals surface area contributed by atoms with Crippen LogP contribution in [0.4, 0.5) is 0 Å². The zero-order valence-electron chi connectivity index (χ0n) is 14.9. The number of rotatable bonds is 2. The number of carbonyl (C=O) groups excluding carboxylic acids is 1. The Morgan fingerprint density at radius 2 is 1.64 bits per heavy atom. The molecule has 0 saturated heterocycles. The van der Waals surface area contributed by atoms with Crippen LogP contribution < -0.4 is 9.47 Å². The first-order valence-corrected chi connectivity index (χ1v) is 8.72. The lowest BCUT2D eigenvalue weighted by molar-refractivity contribution is -0.115. The molecule has 25 heavy (non-hydrogen) atoms. The summed E-state index contributed by atoms with van der Waals surface area (Å²) in [5.74, 6) is 1.95. The molecule has 0 amide bonds. The molecule has 0 saturated carbocycles. The first-order valence-electron chi connectivity index (χ1n) is 8.72. The second kappa shape index (κ2) is 6.07. The molecule has 0 N–H and O–H groups in total. The van der Waals surface area contributed by atoms with E-state index < -0.39 is 0 Å². The van der Waals surface area contributed by atoms with E-state index in [1.807, 2.05) is 18.2 Å². The highest BCUT2D eigenvalue weighted by Gasteiger charge is 2.26. The van der Waals surface area contributed by atoms with E-state index >= 15 is 0 Å². The van der Waals surface area contributed by atoms with E-state index in [-0.39, 0.29) is 18.5 Å². The van der Waals surface area contributed by atoms with Crippen LogP contribution in [0.1, 0.15) is 46.6 Å². The van der Waals surface area contributed by atoms with E-state index in [9.17, 15) is 4.79 Å². The summed E-state index contributed by atoms with van der Waals surface area (Å²) in [5.41, 5.74) is 7.25. The molecular weight excluding hydrogens is 312 g/mol. The van der Waals surface area contributed by atoms with Crippen LogP contribution in [-0.2, 0) is 4.79 Å². The van der Waals surface area contributed by atoms with Gasteiger partial charge in [0.2, 0.25) is 6.79 Å². The number of carbonyl (C=O) groups is 1. The second-order valence-electron chi connectivity index (χ2n) is 7.13. The first kappa shape index (κ1) is 15.9. The lowest BCUT2D eigenvalue weighted by atomic mass is 9.79. The fourth-order valence-electron chi connectivity index (χ4n) is 4.16. The molecule has 0 unspecified atom stereocenters. The van der Waals surface area contributed by atoms with Crippen LogP contribution >= 0.6 is 0 Å². The third kappa shape index (κ3) is 2.95. The van der Waals surface area contributed by atoms with Crippen LogP contribution in [-0.4, -0.2) is 12.6 Å². The molecule has 2 aliphatic rings. The van der Waals surface area contributed by atoms with Crippen molar-refractivity contribution in [1.29, 1.82) is 0 Å². The lowest BCUT2D eigenvalue weighted by Gasteiger charge is -2.25. The SMILES string of the molecule is Cc1cc(C)c(C2=CC(=O)C[C@H](c3ccc4c(c3)OCO4)C2)c(C)c1. The fraction of sp³-hybridized carbons (Fsp3) is 0.318. The van der Waals surface area contributed by atoms with Gasteiger partial charge in [-0.1, -0.05) is 23.8 Å². The van der Waals surface area contributed by atoms with Crippen molar-refractivity contribution in [3.05, 3.63) is 64.2 Å². The van der Waals surface area contributed by atoms with E-state index in [4.69, 9.17) is 9.47 Å². The van der Waals surface area contributed by atoms with E-state index in [1.165, 1.54) is 22.3 Å². The molecule has 1 heterocycles. The minimum atomic E-state index is 0.183. The van der Waals surface area contributed by atoms with Gasteiger partial charge < -0.3 is 9.47 Å². The summed E-state index contributed by atoms with van der Waals surface area (Å²) in [4.78, 5) is 12.4. The normalized spacial score (nSPS) is 19.1. The third-order valence-electron chi connectivity index (χ3n) is 5.12. The van der Waals surface area contributed by atoms with Gasteiger partial charge in [0.15, 0.2) is 17.3 Å². The molecular formula is C22H22O3. The maximum atomic E-state index is 12.4. The minimum Gasteiger partial charge on any atom is -0.454 e. The Morgan fingerprint density at radius 3 is 2.40 bits per heavy atom.